The van der Waals surface area contributed by atoms with Crippen LogP contribution in [0.2, 0.25) is 10.0 Å². The summed E-state index contributed by atoms with van der Waals surface area (Å²) in [6.45, 7) is 0.656. The largest absolute Gasteiger partial charge is 0.351 e. The molecule has 0 atom stereocenters. The first-order valence-corrected chi connectivity index (χ1v) is 7.44. The number of benzene rings is 2. The predicted molar refractivity (Wildman–Crippen MR) is 93.8 cm³/mol. The Hall–Kier alpha value is -2.04. The molecule has 0 radical (unpaired) electrons. The molecular weight excluding hydrogens is 319 g/mol. The van der Waals surface area contributed by atoms with Gasteiger partial charge in [-0.3, -0.25) is 4.99 Å². The highest BCUT2D eigenvalue weighted by molar-refractivity contribution is 6.38. The lowest BCUT2D eigenvalue weighted by Crippen LogP contribution is -2.33. The summed E-state index contributed by atoms with van der Waals surface area (Å²) in [5.74, 6) is 0.559. The van der Waals surface area contributed by atoms with Gasteiger partial charge in [-0.2, -0.15) is 5.10 Å². The first kappa shape index (κ1) is 16.3. The van der Waals surface area contributed by atoms with Crippen LogP contribution in [0.3, 0.4) is 0 Å². The number of guanidine groups is 1. The quantitative estimate of drug-likeness (QED) is 0.509. The van der Waals surface area contributed by atoms with E-state index in [0.717, 1.165) is 5.56 Å². The summed E-state index contributed by atoms with van der Waals surface area (Å²) in [5, 5.41) is 8.36. The van der Waals surface area contributed by atoms with Gasteiger partial charge in [-0.05, 0) is 17.7 Å². The molecular formula is C16H16Cl2N4. The molecule has 0 amide bonds. The molecule has 0 aliphatic carbocycles. The van der Waals surface area contributed by atoms with Crippen LogP contribution >= 0.6 is 23.2 Å². The second-order valence-corrected chi connectivity index (χ2v) is 5.23. The molecule has 0 unspecified atom stereocenters. The smallest absolute Gasteiger partial charge is 0.212 e. The van der Waals surface area contributed by atoms with Crippen molar-refractivity contribution < 1.29 is 0 Å². The summed E-state index contributed by atoms with van der Waals surface area (Å²) in [4.78, 5) is 4.09. The summed E-state index contributed by atoms with van der Waals surface area (Å²) in [6, 6.07) is 15.3. The topological polar surface area (TPSA) is 48.8 Å². The zero-order valence-electron chi connectivity index (χ0n) is 12.1. The van der Waals surface area contributed by atoms with Gasteiger partial charge >= 0.3 is 0 Å². The minimum Gasteiger partial charge on any atom is -0.351 e. The van der Waals surface area contributed by atoms with Gasteiger partial charge in [0.05, 0.1) is 16.3 Å². The Morgan fingerprint density at radius 2 is 1.73 bits per heavy atom. The zero-order valence-corrected chi connectivity index (χ0v) is 13.6. The molecule has 0 saturated carbocycles. The van der Waals surface area contributed by atoms with E-state index in [1.807, 2.05) is 30.3 Å². The second-order valence-electron chi connectivity index (χ2n) is 4.42. The van der Waals surface area contributed by atoms with Crippen molar-refractivity contribution in [3.8, 4) is 0 Å². The van der Waals surface area contributed by atoms with Crippen molar-refractivity contribution in [3.05, 3.63) is 69.7 Å². The highest BCUT2D eigenvalue weighted by Crippen LogP contribution is 2.21. The zero-order chi connectivity index (χ0) is 15.8. The molecule has 0 aliphatic heterocycles. The first-order valence-electron chi connectivity index (χ1n) is 6.68. The average Bonchev–Trinajstić information content (AvgIpc) is 2.54. The third kappa shape index (κ3) is 4.76. The molecule has 0 aromatic heterocycles. The van der Waals surface area contributed by atoms with Gasteiger partial charge in [0.15, 0.2) is 0 Å². The molecule has 4 nitrogen and oxygen atoms in total. The van der Waals surface area contributed by atoms with Gasteiger partial charge in [0.2, 0.25) is 5.96 Å². The van der Waals surface area contributed by atoms with Crippen LogP contribution in [0.15, 0.2) is 58.6 Å². The van der Waals surface area contributed by atoms with E-state index in [4.69, 9.17) is 23.2 Å². The summed E-state index contributed by atoms with van der Waals surface area (Å²) < 4.78 is 0. The lowest BCUT2D eigenvalue weighted by atomic mass is 10.2. The third-order valence-electron chi connectivity index (χ3n) is 2.89. The molecule has 114 valence electrons. The molecule has 0 bridgehead atoms. The molecule has 2 aromatic carbocycles. The maximum Gasteiger partial charge on any atom is 0.212 e. The van der Waals surface area contributed by atoms with Crippen LogP contribution < -0.4 is 10.7 Å². The number of hydrazone groups is 1. The lowest BCUT2D eigenvalue weighted by molar-refractivity contribution is 0.843. The van der Waals surface area contributed by atoms with Crippen LogP contribution in [-0.2, 0) is 6.54 Å². The van der Waals surface area contributed by atoms with Crippen molar-refractivity contribution in [2.45, 2.75) is 6.54 Å². The standard InChI is InChI=1S/C16H16Cl2N4/c1-19-16(20-10-12-6-3-2-4-7-12)22-21-11-13-14(17)8-5-9-15(13)18/h2-9,11H,10H2,1H3,(H2,19,20,22)/b21-11+. The van der Waals surface area contributed by atoms with E-state index in [0.29, 0.717) is 28.1 Å². The Kier molecular flexibility index (Phi) is 6.25. The van der Waals surface area contributed by atoms with Crippen LogP contribution in [0.25, 0.3) is 0 Å². The fourth-order valence-electron chi connectivity index (χ4n) is 1.74. The number of hydrogen-bond donors (Lipinski definition) is 2. The first-order chi connectivity index (χ1) is 10.7. The number of nitrogens with one attached hydrogen (secondary N) is 2. The average molecular weight is 335 g/mol. The maximum atomic E-state index is 6.07. The summed E-state index contributed by atoms with van der Waals surface area (Å²) in [5.41, 5.74) is 4.65. The Balaban J connectivity index is 1.93. The van der Waals surface area contributed by atoms with E-state index in [2.05, 4.69) is 20.8 Å². The number of rotatable bonds is 4. The SMILES string of the molecule is CN=C(NCc1ccccc1)N/N=C/c1c(Cl)cccc1Cl. The normalized spacial score (nSPS) is 11.7. The molecule has 6 heteroatoms. The van der Waals surface area contributed by atoms with Crippen molar-refractivity contribution >= 4 is 35.4 Å². The Bertz CT molecular complexity index is 649. The Morgan fingerprint density at radius 3 is 2.36 bits per heavy atom. The van der Waals surface area contributed by atoms with Crippen molar-refractivity contribution in [2.75, 3.05) is 7.05 Å². The molecule has 0 spiro atoms. The Labute approximate surface area is 139 Å². The number of hydrogen-bond acceptors (Lipinski definition) is 2. The van der Waals surface area contributed by atoms with Gasteiger partial charge in [-0.1, -0.05) is 59.6 Å². The molecule has 2 N–H and O–H groups in total. The van der Waals surface area contributed by atoms with E-state index in [1.165, 1.54) is 0 Å². The fraction of sp³-hybridized carbons (Fsp3) is 0.125. The minimum atomic E-state index is 0.547. The van der Waals surface area contributed by atoms with Crippen LogP contribution in [0.5, 0.6) is 0 Å². The van der Waals surface area contributed by atoms with Gasteiger partial charge in [-0.15, -0.1) is 0 Å². The molecule has 2 aromatic rings. The van der Waals surface area contributed by atoms with Crippen molar-refractivity contribution in [3.63, 3.8) is 0 Å². The van der Waals surface area contributed by atoms with Crippen LogP contribution in [0.1, 0.15) is 11.1 Å². The summed E-state index contributed by atoms with van der Waals surface area (Å²) in [7, 11) is 1.68. The third-order valence-corrected chi connectivity index (χ3v) is 3.55. The number of nitrogens with zero attached hydrogens (tertiary/aromatic N) is 2. The van der Waals surface area contributed by atoms with E-state index >= 15 is 0 Å². The highest BCUT2D eigenvalue weighted by Gasteiger charge is 2.02. The molecule has 0 fully saturated rings. The summed E-state index contributed by atoms with van der Waals surface area (Å²) >= 11 is 12.1. The molecule has 22 heavy (non-hydrogen) atoms. The van der Waals surface area contributed by atoms with E-state index in [1.54, 1.807) is 31.5 Å². The van der Waals surface area contributed by atoms with Gasteiger partial charge in [0, 0.05) is 19.2 Å². The van der Waals surface area contributed by atoms with Crippen LogP contribution in [0, 0.1) is 0 Å². The van der Waals surface area contributed by atoms with E-state index < -0.39 is 0 Å². The molecule has 0 saturated heterocycles. The van der Waals surface area contributed by atoms with Crippen molar-refractivity contribution in [1.29, 1.82) is 0 Å². The van der Waals surface area contributed by atoms with Crippen LogP contribution in [-0.4, -0.2) is 19.2 Å². The maximum absolute atomic E-state index is 6.07. The highest BCUT2D eigenvalue weighted by atomic mass is 35.5. The van der Waals surface area contributed by atoms with Crippen molar-refractivity contribution in [1.82, 2.24) is 10.7 Å². The van der Waals surface area contributed by atoms with E-state index in [-0.39, 0.29) is 0 Å². The molecule has 0 aliphatic rings. The summed E-state index contributed by atoms with van der Waals surface area (Å²) in [6.07, 6.45) is 1.57. The van der Waals surface area contributed by atoms with Gasteiger partial charge in [0.1, 0.15) is 0 Å². The Morgan fingerprint density at radius 1 is 1.05 bits per heavy atom. The minimum absolute atomic E-state index is 0.547. The lowest BCUT2D eigenvalue weighted by Gasteiger charge is -2.08. The monoisotopic (exact) mass is 334 g/mol. The van der Waals surface area contributed by atoms with Crippen LogP contribution in [0.4, 0.5) is 0 Å². The van der Waals surface area contributed by atoms with Crippen molar-refractivity contribution in [2.24, 2.45) is 10.1 Å². The van der Waals surface area contributed by atoms with Gasteiger partial charge < -0.3 is 5.32 Å². The number of halogens is 2. The molecule has 2 rings (SSSR count). The van der Waals surface area contributed by atoms with Gasteiger partial charge in [0.25, 0.3) is 0 Å². The molecule has 0 heterocycles. The number of aliphatic imine (C=N–C) groups is 1. The van der Waals surface area contributed by atoms with Gasteiger partial charge in [-0.25, -0.2) is 5.43 Å². The predicted octanol–water partition coefficient (Wildman–Crippen LogP) is 3.69. The fourth-order valence-corrected chi connectivity index (χ4v) is 2.24. The second kappa shape index (κ2) is 8.41. The van der Waals surface area contributed by atoms with E-state index in [9.17, 15) is 0 Å².